The molecule has 0 saturated carbocycles. The molecule has 0 aromatic rings. The third-order valence-electron chi connectivity index (χ3n) is 2.17. The minimum absolute atomic E-state index is 1.11. The van der Waals surface area contributed by atoms with Crippen molar-refractivity contribution in [1.29, 1.82) is 0 Å². The monoisotopic (exact) mass is 168 g/mol. The molecule has 0 bridgehead atoms. The summed E-state index contributed by atoms with van der Waals surface area (Å²) in [4.78, 5) is 0. The largest absolute Gasteiger partial charge is 0.0654 e. The zero-order valence-electron chi connectivity index (χ0n) is 8.65. The zero-order valence-corrected chi connectivity index (χ0v) is 8.65. The lowest BCUT2D eigenvalue weighted by atomic mass is 10.1. The second-order valence-electron chi connectivity index (χ2n) is 3.49. The molecule has 12 heavy (non-hydrogen) atoms. The average Bonchev–Trinajstić information content (AvgIpc) is 2.10. The first kappa shape index (κ1) is 12.0. The van der Waals surface area contributed by atoms with E-state index >= 15 is 0 Å². The normalized spacial score (nSPS) is 10.5. The minimum atomic E-state index is 1.11. The van der Waals surface area contributed by atoms with E-state index in [1.165, 1.54) is 51.4 Å². The van der Waals surface area contributed by atoms with Gasteiger partial charge in [0.05, 0.1) is 0 Å². The molecule has 0 heteroatoms. The fourth-order valence-corrected chi connectivity index (χ4v) is 1.31. The molecule has 72 valence electrons. The summed E-state index contributed by atoms with van der Waals surface area (Å²) in [5, 5.41) is 0. The fraction of sp³-hybridized carbons (Fsp3) is 0.833. The summed E-state index contributed by atoms with van der Waals surface area (Å²) < 4.78 is 0. The van der Waals surface area contributed by atoms with Crippen LogP contribution in [0.25, 0.3) is 0 Å². The Morgan fingerprint density at radius 2 is 1.58 bits per heavy atom. The van der Waals surface area contributed by atoms with Crippen molar-refractivity contribution >= 4 is 0 Å². The SMILES string of the molecule is [CH2]CCCCCC[CH]CCCC. The Labute approximate surface area is 78.8 Å². The molecule has 0 heterocycles. The summed E-state index contributed by atoms with van der Waals surface area (Å²) >= 11 is 0. The molecule has 0 amide bonds. The molecule has 0 unspecified atom stereocenters. The van der Waals surface area contributed by atoms with Gasteiger partial charge in [-0.2, -0.15) is 0 Å². The van der Waals surface area contributed by atoms with Crippen LogP contribution in [0.3, 0.4) is 0 Å². The Balaban J connectivity index is 2.73. The van der Waals surface area contributed by atoms with Gasteiger partial charge < -0.3 is 0 Å². The molecule has 0 aromatic carbocycles. The first-order valence-corrected chi connectivity index (χ1v) is 5.52. The van der Waals surface area contributed by atoms with E-state index in [-0.39, 0.29) is 0 Å². The van der Waals surface area contributed by atoms with Crippen molar-refractivity contribution in [2.75, 3.05) is 0 Å². The Morgan fingerprint density at radius 1 is 0.917 bits per heavy atom. The van der Waals surface area contributed by atoms with Gasteiger partial charge in [0.2, 0.25) is 0 Å². The van der Waals surface area contributed by atoms with Crippen LogP contribution >= 0.6 is 0 Å². The van der Waals surface area contributed by atoms with E-state index in [1.54, 1.807) is 0 Å². The van der Waals surface area contributed by atoms with E-state index in [9.17, 15) is 0 Å². The summed E-state index contributed by atoms with van der Waals surface area (Å²) in [6, 6.07) is 0. The molecule has 0 saturated heterocycles. The number of rotatable bonds is 9. The predicted octanol–water partition coefficient (Wildman–Crippen LogP) is 4.56. The Morgan fingerprint density at radius 3 is 2.25 bits per heavy atom. The molecule has 2 radical (unpaired) electrons. The smallest absolute Gasteiger partial charge is 0.0386 e. The average molecular weight is 168 g/mol. The van der Waals surface area contributed by atoms with Crippen molar-refractivity contribution in [3.8, 4) is 0 Å². The number of hydrogen-bond donors (Lipinski definition) is 0. The van der Waals surface area contributed by atoms with Gasteiger partial charge in [-0.3, -0.25) is 0 Å². The number of hydrogen-bond acceptors (Lipinski definition) is 0. The van der Waals surface area contributed by atoms with Gasteiger partial charge in [0.15, 0.2) is 0 Å². The highest BCUT2D eigenvalue weighted by Gasteiger charge is 1.90. The molecule has 0 atom stereocenters. The van der Waals surface area contributed by atoms with Crippen LogP contribution in [0.5, 0.6) is 0 Å². The summed E-state index contributed by atoms with van der Waals surface area (Å²) in [5.41, 5.74) is 0. The van der Waals surface area contributed by atoms with Crippen molar-refractivity contribution in [2.45, 2.75) is 64.7 Å². The molecule has 0 N–H and O–H groups in total. The maximum atomic E-state index is 3.84. The molecule has 0 aliphatic rings. The van der Waals surface area contributed by atoms with Gasteiger partial charge in [-0.1, -0.05) is 71.6 Å². The maximum absolute atomic E-state index is 3.84. The molecule has 0 nitrogen and oxygen atoms in total. The lowest BCUT2D eigenvalue weighted by Gasteiger charge is -1.99. The van der Waals surface area contributed by atoms with Crippen LogP contribution < -0.4 is 0 Å². The van der Waals surface area contributed by atoms with Crippen LogP contribution in [0.4, 0.5) is 0 Å². The maximum Gasteiger partial charge on any atom is -0.0386 e. The van der Waals surface area contributed by atoms with Crippen LogP contribution in [0.1, 0.15) is 64.7 Å². The van der Waals surface area contributed by atoms with Crippen LogP contribution in [-0.2, 0) is 0 Å². The van der Waals surface area contributed by atoms with Crippen molar-refractivity contribution in [2.24, 2.45) is 0 Å². The summed E-state index contributed by atoms with van der Waals surface area (Å²) in [6.45, 7) is 6.09. The second-order valence-corrected chi connectivity index (χ2v) is 3.49. The van der Waals surface area contributed by atoms with Crippen LogP contribution in [0.15, 0.2) is 0 Å². The van der Waals surface area contributed by atoms with E-state index in [0.29, 0.717) is 0 Å². The van der Waals surface area contributed by atoms with Crippen molar-refractivity contribution < 1.29 is 0 Å². The van der Waals surface area contributed by atoms with Crippen molar-refractivity contribution in [1.82, 2.24) is 0 Å². The van der Waals surface area contributed by atoms with Gasteiger partial charge in [0.25, 0.3) is 0 Å². The van der Waals surface area contributed by atoms with E-state index in [1.807, 2.05) is 0 Å². The molecule has 0 aliphatic heterocycles. The second kappa shape index (κ2) is 11.0. The Hall–Kier alpha value is 0. The third kappa shape index (κ3) is 10.0. The van der Waals surface area contributed by atoms with Crippen LogP contribution in [0, 0.1) is 13.3 Å². The lowest BCUT2D eigenvalue weighted by Crippen LogP contribution is -1.81. The zero-order chi connectivity index (χ0) is 9.07. The van der Waals surface area contributed by atoms with E-state index in [0.717, 1.165) is 6.42 Å². The quantitative estimate of drug-likeness (QED) is 0.443. The molecule has 0 rings (SSSR count). The molecule has 0 aromatic heterocycles. The van der Waals surface area contributed by atoms with Gasteiger partial charge in [-0.25, -0.2) is 0 Å². The van der Waals surface area contributed by atoms with Gasteiger partial charge in [-0.05, 0) is 6.42 Å². The van der Waals surface area contributed by atoms with Gasteiger partial charge in [-0.15, -0.1) is 0 Å². The summed E-state index contributed by atoms with van der Waals surface area (Å²) in [5.74, 6) is 0. The standard InChI is InChI=1S/C12H24/c1-3-5-7-9-11-12-10-8-6-4-2/h10H,1,3-9,11-12H2,2H3. The molecule has 0 spiro atoms. The lowest BCUT2D eigenvalue weighted by molar-refractivity contribution is 0.627. The topological polar surface area (TPSA) is 0 Å². The highest BCUT2D eigenvalue weighted by atomic mass is 14.0. The summed E-state index contributed by atoms with van der Waals surface area (Å²) in [7, 11) is 0. The third-order valence-corrected chi connectivity index (χ3v) is 2.17. The van der Waals surface area contributed by atoms with Crippen LogP contribution in [0.2, 0.25) is 0 Å². The van der Waals surface area contributed by atoms with Crippen LogP contribution in [-0.4, -0.2) is 0 Å². The first-order chi connectivity index (χ1) is 5.91. The van der Waals surface area contributed by atoms with Gasteiger partial charge >= 0.3 is 0 Å². The predicted molar refractivity (Wildman–Crippen MR) is 56.9 cm³/mol. The van der Waals surface area contributed by atoms with Crippen molar-refractivity contribution in [3.05, 3.63) is 13.3 Å². The molecule has 0 aliphatic carbocycles. The fourth-order valence-electron chi connectivity index (χ4n) is 1.31. The summed E-state index contributed by atoms with van der Waals surface area (Å²) in [6.07, 6.45) is 14.4. The molecular formula is C12H24. The van der Waals surface area contributed by atoms with E-state index in [4.69, 9.17) is 0 Å². The Bertz CT molecular complexity index is 56.4. The highest BCUT2D eigenvalue weighted by Crippen LogP contribution is 2.08. The van der Waals surface area contributed by atoms with E-state index in [2.05, 4.69) is 20.3 Å². The first-order valence-electron chi connectivity index (χ1n) is 5.52. The van der Waals surface area contributed by atoms with Crippen molar-refractivity contribution in [3.63, 3.8) is 0 Å². The highest BCUT2D eigenvalue weighted by molar-refractivity contribution is 4.63. The molecule has 0 fully saturated rings. The molecular weight excluding hydrogens is 144 g/mol. The van der Waals surface area contributed by atoms with E-state index < -0.39 is 0 Å². The Kier molecular flexibility index (Phi) is 11.0. The van der Waals surface area contributed by atoms with Gasteiger partial charge in [0.1, 0.15) is 0 Å². The minimum Gasteiger partial charge on any atom is -0.0654 e. The van der Waals surface area contributed by atoms with Gasteiger partial charge in [0, 0.05) is 0 Å². The number of unbranched alkanes of at least 4 members (excludes halogenated alkanes) is 9.